The Morgan fingerprint density at radius 2 is 2.22 bits per heavy atom. The second-order valence-corrected chi connectivity index (χ2v) is 5.69. The number of nitrogens with zero attached hydrogens (tertiary/aromatic N) is 1. The van der Waals surface area contributed by atoms with E-state index in [-0.39, 0.29) is 11.3 Å². The van der Waals surface area contributed by atoms with Crippen LogP contribution >= 0.6 is 0 Å². The fourth-order valence-corrected chi connectivity index (χ4v) is 2.58. The lowest BCUT2D eigenvalue weighted by atomic mass is 9.74. The minimum Gasteiger partial charge on any atom is -0.380 e. The molecule has 0 aromatic heterocycles. The van der Waals surface area contributed by atoms with E-state index in [4.69, 9.17) is 4.74 Å². The summed E-state index contributed by atoms with van der Waals surface area (Å²) >= 11 is 0. The number of piperidine rings is 1. The predicted molar refractivity (Wildman–Crippen MR) is 73.5 cm³/mol. The third-order valence-corrected chi connectivity index (χ3v) is 3.99. The normalized spacial score (nSPS) is 20.8. The van der Waals surface area contributed by atoms with Gasteiger partial charge in [0.1, 0.15) is 0 Å². The highest BCUT2D eigenvalue weighted by Gasteiger charge is 2.38. The maximum atomic E-state index is 12.5. The summed E-state index contributed by atoms with van der Waals surface area (Å²) < 4.78 is 5.31. The van der Waals surface area contributed by atoms with E-state index in [9.17, 15) is 4.79 Å². The summed E-state index contributed by atoms with van der Waals surface area (Å²) in [4.78, 5) is 14.3. The number of carbonyl (C=O) groups is 1. The molecule has 1 unspecified atom stereocenters. The molecule has 106 valence electrons. The SMILES string of the molecule is CCOCCN(C)C(=O)C(C)(C)C1CCCNC1. The van der Waals surface area contributed by atoms with Gasteiger partial charge < -0.3 is 15.0 Å². The zero-order chi connectivity index (χ0) is 13.6. The average molecular weight is 256 g/mol. The van der Waals surface area contributed by atoms with Crippen molar-refractivity contribution in [3.63, 3.8) is 0 Å². The molecule has 4 nitrogen and oxygen atoms in total. The third-order valence-electron chi connectivity index (χ3n) is 3.99. The molecule has 0 aromatic rings. The van der Waals surface area contributed by atoms with Crippen molar-refractivity contribution in [2.45, 2.75) is 33.6 Å². The molecule has 4 heteroatoms. The Kier molecular flexibility index (Phi) is 6.09. The van der Waals surface area contributed by atoms with Gasteiger partial charge in [-0.1, -0.05) is 13.8 Å². The Bertz CT molecular complexity index is 261. The van der Waals surface area contributed by atoms with Crippen LogP contribution in [-0.2, 0) is 9.53 Å². The van der Waals surface area contributed by atoms with Gasteiger partial charge in [-0.15, -0.1) is 0 Å². The molecule has 1 aliphatic rings. The van der Waals surface area contributed by atoms with E-state index in [2.05, 4.69) is 19.2 Å². The predicted octanol–water partition coefficient (Wildman–Crippen LogP) is 1.51. The monoisotopic (exact) mass is 256 g/mol. The highest BCUT2D eigenvalue weighted by Crippen LogP contribution is 2.33. The first-order valence-electron chi connectivity index (χ1n) is 7.04. The van der Waals surface area contributed by atoms with E-state index in [1.54, 1.807) is 0 Å². The van der Waals surface area contributed by atoms with Crippen molar-refractivity contribution in [1.82, 2.24) is 10.2 Å². The molecule has 1 rings (SSSR count). The van der Waals surface area contributed by atoms with Crippen LogP contribution in [0.2, 0.25) is 0 Å². The summed E-state index contributed by atoms with van der Waals surface area (Å²) in [5.41, 5.74) is -0.283. The fraction of sp³-hybridized carbons (Fsp3) is 0.929. The number of nitrogens with one attached hydrogen (secondary N) is 1. The first-order valence-corrected chi connectivity index (χ1v) is 7.04. The number of carbonyl (C=O) groups excluding carboxylic acids is 1. The van der Waals surface area contributed by atoms with Gasteiger partial charge in [-0.2, -0.15) is 0 Å². The quantitative estimate of drug-likeness (QED) is 0.732. The minimum absolute atomic E-state index is 0.232. The van der Waals surface area contributed by atoms with Gasteiger partial charge in [-0.3, -0.25) is 4.79 Å². The molecule has 1 fully saturated rings. The highest BCUT2D eigenvalue weighted by molar-refractivity contribution is 5.82. The van der Waals surface area contributed by atoms with Crippen LogP contribution < -0.4 is 5.32 Å². The van der Waals surface area contributed by atoms with Gasteiger partial charge in [0.15, 0.2) is 0 Å². The molecule has 0 saturated carbocycles. The number of likely N-dealkylation sites (N-methyl/N-ethyl adjacent to an activating group) is 1. The highest BCUT2D eigenvalue weighted by atomic mass is 16.5. The zero-order valence-electron chi connectivity index (χ0n) is 12.3. The maximum Gasteiger partial charge on any atom is 0.228 e. The van der Waals surface area contributed by atoms with Crippen LogP contribution in [0.5, 0.6) is 0 Å². The van der Waals surface area contributed by atoms with Gasteiger partial charge in [-0.05, 0) is 38.8 Å². The van der Waals surface area contributed by atoms with Gasteiger partial charge in [0, 0.05) is 25.6 Å². The summed E-state index contributed by atoms with van der Waals surface area (Å²) in [7, 11) is 1.87. The molecule has 0 spiro atoms. The Morgan fingerprint density at radius 1 is 1.50 bits per heavy atom. The molecule has 18 heavy (non-hydrogen) atoms. The summed E-state index contributed by atoms with van der Waals surface area (Å²) in [5, 5.41) is 3.39. The van der Waals surface area contributed by atoms with Crippen LogP contribution in [0.15, 0.2) is 0 Å². The lowest BCUT2D eigenvalue weighted by Gasteiger charge is -2.38. The van der Waals surface area contributed by atoms with Crippen LogP contribution in [0.1, 0.15) is 33.6 Å². The molecule has 1 heterocycles. The summed E-state index contributed by atoms with van der Waals surface area (Å²) in [6, 6.07) is 0. The van der Waals surface area contributed by atoms with Crippen molar-refractivity contribution in [3.05, 3.63) is 0 Å². The van der Waals surface area contributed by atoms with Crippen LogP contribution in [0.3, 0.4) is 0 Å². The third kappa shape index (κ3) is 3.95. The van der Waals surface area contributed by atoms with E-state index >= 15 is 0 Å². The second-order valence-electron chi connectivity index (χ2n) is 5.69. The number of ether oxygens (including phenoxy) is 1. The zero-order valence-corrected chi connectivity index (χ0v) is 12.3. The second kappa shape index (κ2) is 7.10. The van der Waals surface area contributed by atoms with Crippen molar-refractivity contribution in [3.8, 4) is 0 Å². The molecule has 1 N–H and O–H groups in total. The van der Waals surface area contributed by atoms with Crippen molar-refractivity contribution in [1.29, 1.82) is 0 Å². The molecular formula is C14H28N2O2. The number of amides is 1. The Morgan fingerprint density at radius 3 is 2.78 bits per heavy atom. The van der Waals surface area contributed by atoms with Crippen LogP contribution in [-0.4, -0.2) is 50.7 Å². The topological polar surface area (TPSA) is 41.6 Å². The van der Waals surface area contributed by atoms with Crippen molar-refractivity contribution < 1.29 is 9.53 Å². The molecule has 1 aliphatic heterocycles. The van der Waals surface area contributed by atoms with Gasteiger partial charge in [0.25, 0.3) is 0 Å². The maximum absolute atomic E-state index is 12.5. The molecule has 1 amide bonds. The van der Waals surface area contributed by atoms with E-state index in [1.807, 2.05) is 18.9 Å². The molecule has 0 radical (unpaired) electrons. The summed E-state index contributed by atoms with van der Waals surface area (Å²) in [6.07, 6.45) is 2.31. The van der Waals surface area contributed by atoms with E-state index in [1.165, 1.54) is 6.42 Å². The van der Waals surface area contributed by atoms with Gasteiger partial charge in [0.2, 0.25) is 5.91 Å². The molecule has 0 aliphatic carbocycles. The minimum atomic E-state index is -0.283. The lowest BCUT2D eigenvalue weighted by molar-refractivity contribution is -0.143. The molecule has 0 bridgehead atoms. The van der Waals surface area contributed by atoms with Crippen LogP contribution in [0.25, 0.3) is 0 Å². The van der Waals surface area contributed by atoms with Gasteiger partial charge >= 0.3 is 0 Å². The number of hydrogen-bond donors (Lipinski definition) is 1. The molecule has 1 atom stereocenters. The van der Waals surface area contributed by atoms with Crippen molar-refractivity contribution in [2.75, 3.05) is 39.9 Å². The van der Waals surface area contributed by atoms with Crippen LogP contribution in [0.4, 0.5) is 0 Å². The summed E-state index contributed by atoms with van der Waals surface area (Å²) in [5.74, 6) is 0.671. The Labute approximate surface area is 111 Å². The van der Waals surface area contributed by atoms with Crippen molar-refractivity contribution >= 4 is 5.91 Å². The molecular weight excluding hydrogens is 228 g/mol. The van der Waals surface area contributed by atoms with Crippen molar-refractivity contribution in [2.24, 2.45) is 11.3 Å². The smallest absolute Gasteiger partial charge is 0.228 e. The van der Waals surface area contributed by atoms with Crippen LogP contribution in [0, 0.1) is 11.3 Å². The molecule has 0 aromatic carbocycles. The number of hydrogen-bond acceptors (Lipinski definition) is 3. The van der Waals surface area contributed by atoms with E-state index in [0.29, 0.717) is 25.7 Å². The van der Waals surface area contributed by atoms with E-state index < -0.39 is 0 Å². The van der Waals surface area contributed by atoms with E-state index in [0.717, 1.165) is 19.5 Å². The fourth-order valence-electron chi connectivity index (χ4n) is 2.58. The lowest BCUT2D eigenvalue weighted by Crippen LogP contribution is -2.48. The standard InChI is InChI=1S/C14H28N2O2/c1-5-18-10-9-16(4)13(17)14(2,3)12-7-6-8-15-11-12/h12,15H,5-11H2,1-4H3. The number of rotatable bonds is 6. The largest absolute Gasteiger partial charge is 0.380 e. The Hall–Kier alpha value is -0.610. The Balaban J connectivity index is 2.51. The summed E-state index contributed by atoms with van der Waals surface area (Å²) in [6.45, 7) is 10.2. The van der Waals surface area contributed by atoms with Gasteiger partial charge in [0.05, 0.1) is 6.61 Å². The van der Waals surface area contributed by atoms with Gasteiger partial charge in [-0.25, -0.2) is 0 Å². The first-order chi connectivity index (χ1) is 8.50. The average Bonchev–Trinajstić information content (AvgIpc) is 2.39. The molecule has 1 saturated heterocycles. The first kappa shape index (κ1) is 15.4.